The normalized spacial score (nSPS) is 11.5. The second-order valence-corrected chi connectivity index (χ2v) is 11.9. The first-order valence-electron chi connectivity index (χ1n) is 11.9. The van der Waals surface area contributed by atoms with Crippen molar-refractivity contribution in [1.29, 1.82) is 0 Å². The Labute approximate surface area is 235 Å². The van der Waals surface area contributed by atoms with E-state index in [4.69, 9.17) is 4.98 Å². The van der Waals surface area contributed by atoms with Crippen LogP contribution in [0.4, 0.5) is 0 Å². The average Bonchev–Trinajstić information content (AvgIpc) is 3.36. The first-order valence-corrected chi connectivity index (χ1v) is 16.1. The molecule has 0 bridgehead atoms. The Morgan fingerprint density at radius 3 is 2.11 bits per heavy atom. The molecule has 0 N–H and O–H groups in total. The number of benzene rings is 4. The zero-order valence-electron chi connectivity index (χ0n) is 19.6. The molecule has 0 saturated heterocycles. The predicted octanol–water partition coefficient (Wildman–Crippen LogP) is 10.4. The smallest absolute Gasteiger partial charge is 0.124 e. The van der Waals surface area contributed by atoms with Crippen LogP contribution in [0, 0.1) is 0 Å². The molecule has 0 aliphatic carbocycles. The van der Waals surface area contributed by atoms with Gasteiger partial charge in [0.15, 0.2) is 0 Å². The minimum Gasteiger partial charge on any atom is -0.256 e. The number of hydrogen-bond donors (Lipinski definition) is 0. The van der Waals surface area contributed by atoms with Gasteiger partial charge in [-0.3, -0.25) is 4.98 Å². The van der Waals surface area contributed by atoms with E-state index in [-0.39, 0.29) is 0 Å². The molecule has 0 aliphatic heterocycles. The van der Waals surface area contributed by atoms with Gasteiger partial charge in [-0.15, -0.1) is 11.3 Å². The molecule has 0 amide bonds. The number of thiophene rings is 1. The van der Waals surface area contributed by atoms with Crippen LogP contribution >= 0.6 is 41.5 Å². The lowest BCUT2D eigenvalue weighted by atomic mass is 9.98. The van der Waals surface area contributed by atoms with Gasteiger partial charge in [0.25, 0.3) is 0 Å². The molecule has 0 fully saturated rings. The lowest BCUT2D eigenvalue weighted by molar-refractivity contribution is 1.33. The second-order valence-electron chi connectivity index (χ2n) is 8.95. The lowest BCUT2D eigenvalue weighted by Gasteiger charge is -2.08. The van der Waals surface area contributed by atoms with Crippen LogP contribution in [-0.4, -0.2) is 9.97 Å². The molecule has 0 aliphatic rings. The molecule has 0 radical (unpaired) electrons. The predicted molar refractivity (Wildman–Crippen MR) is 169 cm³/mol. The van der Waals surface area contributed by atoms with Crippen LogP contribution in [0.1, 0.15) is 0 Å². The highest BCUT2D eigenvalue weighted by atomic mass is 127. The minimum atomic E-state index is 0.983. The standard InChI is InChI=1S/C32H19IN2S2/c33-37-26-13-10-20(11-14-26)22-8-6-21-7-9-23(18-25(21)17-22)24-12-15-30(35-19-24)29-4-1-3-27-28-5-2-16-34-32(28)36-31(27)29/h1-19H. The van der Waals surface area contributed by atoms with Crippen molar-refractivity contribution >= 4 is 72.6 Å². The molecule has 0 unspecified atom stereocenters. The highest BCUT2D eigenvalue weighted by Crippen LogP contribution is 2.39. The van der Waals surface area contributed by atoms with E-state index in [1.54, 1.807) is 20.3 Å². The first kappa shape index (κ1) is 22.9. The van der Waals surface area contributed by atoms with Gasteiger partial charge in [-0.05, 0) is 69.9 Å². The molecule has 7 aromatic rings. The molecule has 3 aromatic heterocycles. The van der Waals surface area contributed by atoms with Crippen molar-refractivity contribution in [2.45, 2.75) is 4.90 Å². The fourth-order valence-corrected chi connectivity index (χ4v) is 7.15. The number of rotatable bonds is 4. The second kappa shape index (κ2) is 9.56. The summed E-state index contributed by atoms with van der Waals surface area (Å²) in [5.41, 5.74) is 6.89. The third-order valence-corrected chi connectivity index (χ3v) is 9.90. The van der Waals surface area contributed by atoms with Gasteiger partial charge in [0.05, 0.1) is 5.69 Å². The van der Waals surface area contributed by atoms with E-state index in [1.807, 2.05) is 18.5 Å². The molecule has 0 atom stereocenters. The molecular weight excluding hydrogens is 603 g/mol. The Kier molecular flexibility index (Phi) is 5.92. The van der Waals surface area contributed by atoms with Crippen molar-refractivity contribution in [2.75, 3.05) is 0 Å². The molecule has 0 saturated carbocycles. The van der Waals surface area contributed by atoms with Crippen molar-refractivity contribution in [3.05, 3.63) is 116 Å². The summed E-state index contributed by atoms with van der Waals surface area (Å²) in [5, 5.41) is 4.91. The maximum absolute atomic E-state index is 4.89. The summed E-state index contributed by atoms with van der Waals surface area (Å²) in [6.45, 7) is 0. The third kappa shape index (κ3) is 4.21. The van der Waals surface area contributed by atoms with Crippen LogP contribution in [0.3, 0.4) is 0 Å². The summed E-state index contributed by atoms with van der Waals surface area (Å²) < 4.78 is 1.24. The van der Waals surface area contributed by atoms with Crippen molar-refractivity contribution in [1.82, 2.24) is 9.97 Å². The monoisotopic (exact) mass is 622 g/mol. The number of fused-ring (bicyclic) bond motifs is 4. The van der Waals surface area contributed by atoms with Gasteiger partial charge >= 0.3 is 0 Å². The minimum absolute atomic E-state index is 0.983. The Morgan fingerprint density at radius 1 is 0.622 bits per heavy atom. The van der Waals surface area contributed by atoms with Crippen LogP contribution in [-0.2, 0) is 0 Å². The largest absolute Gasteiger partial charge is 0.256 e. The Morgan fingerprint density at radius 2 is 1.35 bits per heavy atom. The Balaban J connectivity index is 1.25. The summed E-state index contributed by atoms with van der Waals surface area (Å²) in [6, 6.07) is 37.0. The fraction of sp³-hybridized carbons (Fsp3) is 0. The molecule has 2 nitrogen and oxygen atoms in total. The van der Waals surface area contributed by atoms with Gasteiger partial charge in [0, 0.05) is 65.1 Å². The lowest BCUT2D eigenvalue weighted by Crippen LogP contribution is -1.86. The van der Waals surface area contributed by atoms with Crippen LogP contribution in [0.2, 0.25) is 0 Å². The van der Waals surface area contributed by atoms with Gasteiger partial charge in [-0.1, -0.05) is 69.6 Å². The SMILES string of the molecule is ISc1ccc(-c2ccc3ccc(-c4ccc(-c5cccc6c5sc5ncccc56)nc4)cc3c2)cc1. The van der Waals surface area contributed by atoms with Crippen molar-refractivity contribution in [2.24, 2.45) is 0 Å². The van der Waals surface area contributed by atoms with Crippen molar-refractivity contribution < 1.29 is 0 Å². The Bertz CT molecular complexity index is 1910. The summed E-state index contributed by atoms with van der Waals surface area (Å²) in [5.74, 6) is 0. The van der Waals surface area contributed by atoms with E-state index in [2.05, 4.69) is 123 Å². The molecule has 4 aromatic carbocycles. The summed E-state index contributed by atoms with van der Waals surface area (Å²) in [4.78, 5) is 11.8. The van der Waals surface area contributed by atoms with E-state index in [0.717, 1.165) is 21.7 Å². The van der Waals surface area contributed by atoms with E-state index < -0.39 is 0 Å². The zero-order chi connectivity index (χ0) is 24.8. The third-order valence-electron chi connectivity index (χ3n) is 6.76. The average molecular weight is 623 g/mol. The topological polar surface area (TPSA) is 25.8 Å². The van der Waals surface area contributed by atoms with Crippen LogP contribution in [0.5, 0.6) is 0 Å². The number of nitrogens with zero attached hydrogens (tertiary/aromatic N) is 2. The zero-order valence-corrected chi connectivity index (χ0v) is 23.3. The van der Waals surface area contributed by atoms with Crippen LogP contribution in [0.25, 0.3) is 64.6 Å². The Hall–Kier alpha value is -3.26. The summed E-state index contributed by atoms with van der Waals surface area (Å²) in [7, 11) is 1.74. The fourth-order valence-electron chi connectivity index (χ4n) is 4.86. The molecule has 0 spiro atoms. The number of aromatic nitrogens is 2. The van der Waals surface area contributed by atoms with E-state index >= 15 is 0 Å². The van der Waals surface area contributed by atoms with E-state index in [9.17, 15) is 0 Å². The number of hydrogen-bond acceptors (Lipinski definition) is 4. The maximum atomic E-state index is 4.89. The van der Waals surface area contributed by atoms with E-state index in [0.29, 0.717) is 0 Å². The van der Waals surface area contributed by atoms with Gasteiger partial charge in [-0.2, -0.15) is 0 Å². The van der Waals surface area contributed by atoms with Crippen LogP contribution < -0.4 is 0 Å². The van der Waals surface area contributed by atoms with Crippen molar-refractivity contribution in [3.63, 3.8) is 0 Å². The van der Waals surface area contributed by atoms with Gasteiger partial charge in [0.1, 0.15) is 4.83 Å². The maximum Gasteiger partial charge on any atom is 0.124 e. The molecule has 5 heteroatoms. The quantitative estimate of drug-likeness (QED) is 0.183. The molecule has 176 valence electrons. The van der Waals surface area contributed by atoms with Gasteiger partial charge in [-0.25, -0.2) is 4.98 Å². The van der Waals surface area contributed by atoms with Crippen molar-refractivity contribution in [3.8, 4) is 33.5 Å². The molecule has 37 heavy (non-hydrogen) atoms. The number of pyridine rings is 2. The molecule has 7 rings (SSSR count). The molecular formula is C32H19IN2S2. The van der Waals surface area contributed by atoms with Gasteiger partial charge in [0.2, 0.25) is 0 Å². The summed E-state index contributed by atoms with van der Waals surface area (Å²) in [6.07, 6.45) is 3.85. The van der Waals surface area contributed by atoms with E-state index in [1.165, 1.54) is 47.8 Å². The highest BCUT2D eigenvalue weighted by molar-refractivity contribution is 14.2. The molecule has 3 heterocycles. The van der Waals surface area contributed by atoms with Gasteiger partial charge < -0.3 is 0 Å². The van der Waals surface area contributed by atoms with Crippen LogP contribution in [0.15, 0.2) is 120 Å². The summed E-state index contributed by atoms with van der Waals surface area (Å²) >= 11 is 4.06. The number of halogens is 1. The first-order chi connectivity index (χ1) is 18.3. The highest BCUT2D eigenvalue weighted by Gasteiger charge is 2.12.